The van der Waals surface area contributed by atoms with Gasteiger partial charge in [-0.15, -0.1) is 0 Å². The number of benzene rings is 1. The summed E-state index contributed by atoms with van der Waals surface area (Å²) in [5.41, 5.74) is 1.58. The summed E-state index contributed by atoms with van der Waals surface area (Å²) in [5, 5.41) is 4.80. The largest absolute Gasteiger partial charge is 0.453 e. The second-order valence-corrected chi connectivity index (χ2v) is 12.4. The van der Waals surface area contributed by atoms with Gasteiger partial charge in [-0.1, -0.05) is 11.8 Å². The van der Waals surface area contributed by atoms with Crippen LogP contribution in [-0.4, -0.2) is 68.8 Å². The molecule has 5 heterocycles. The van der Waals surface area contributed by atoms with E-state index in [1.807, 2.05) is 43.0 Å². The van der Waals surface area contributed by atoms with Crippen molar-refractivity contribution < 1.29 is 18.3 Å². The quantitative estimate of drug-likeness (QED) is 0.197. The van der Waals surface area contributed by atoms with Gasteiger partial charge < -0.3 is 24.3 Å². The van der Waals surface area contributed by atoms with E-state index in [9.17, 15) is 9.18 Å². The number of carbonyl (C=O) groups excluding carboxylic acids is 1. The molecule has 10 nitrogen and oxygen atoms in total. The van der Waals surface area contributed by atoms with Crippen LogP contribution in [0.5, 0.6) is 11.5 Å². The summed E-state index contributed by atoms with van der Waals surface area (Å²) >= 11 is 2.77. The number of rotatable bonds is 9. The zero-order valence-electron chi connectivity index (χ0n) is 23.9. The van der Waals surface area contributed by atoms with Gasteiger partial charge in [0.2, 0.25) is 16.8 Å². The van der Waals surface area contributed by atoms with Gasteiger partial charge in [-0.2, -0.15) is 4.37 Å². The monoisotopic (exact) mass is 619 g/mol. The topological polar surface area (TPSA) is 110 Å². The van der Waals surface area contributed by atoms with Crippen molar-refractivity contribution in [2.24, 2.45) is 0 Å². The van der Waals surface area contributed by atoms with Crippen molar-refractivity contribution >= 4 is 51.3 Å². The van der Waals surface area contributed by atoms with Crippen LogP contribution in [0.2, 0.25) is 0 Å². The molecule has 0 spiro atoms. The number of nitrogens with zero attached hydrogens (tertiary/aromatic N) is 6. The summed E-state index contributed by atoms with van der Waals surface area (Å²) in [5.74, 6) is 2.12. The zero-order valence-corrected chi connectivity index (χ0v) is 25.5. The number of pyridine rings is 2. The minimum absolute atomic E-state index is 0.145. The Bertz CT molecular complexity index is 1730. The van der Waals surface area contributed by atoms with Crippen LogP contribution in [0.1, 0.15) is 30.1 Å². The Labute approximate surface area is 256 Å². The van der Waals surface area contributed by atoms with Crippen molar-refractivity contribution in [2.75, 3.05) is 39.0 Å². The molecule has 0 aliphatic carbocycles. The number of fused-ring (bicyclic) bond motifs is 1. The third-order valence-electron chi connectivity index (χ3n) is 7.05. The maximum atomic E-state index is 13.6. The van der Waals surface area contributed by atoms with Crippen LogP contribution in [0.25, 0.3) is 11.1 Å². The molecule has 0 radical (unpaired) electrons. The highest BCUT2D eigenvalue weighted by Crippen LogP contribution is 2.39. The number of amides is 1. The fourth-order valence-corrected chi connectivity index (χ4v) is 6.54. The zero-order chi connectivity index (χ0) is 29.9. The molecule has 13 heteroatoms. The third kappa shape index (κ3) is 6.79. The van der Waals surface area contributed by atoms with Crippen molar-refractivity contribution in [1.82, 2.24) is 29.1 Å². The highest BCUT2D eigenvalue weighted by Gasteiger charge is 2.27. The number of likely N-dealkylation sites (N-methyl/N-ethyl adjacent to an activating group) is 1. The number of halogens is 1. The molecular weight excluding hydrogens is 590 g/mol. The summed E-state index contributed by atoms with van der Waals surface area (Å²) in [6.45, 7) is 3.78. The van der Waals surface area contributed by atoms with Crippen LogP contribution in [0, 0.1) is 12.7 Å². The van der Waals surface area contributed by atoms with E-state index in [1.165, 1.54) is 35.4 Å². The van der Waals surface area contributed by atoms with Crippen LogP contribution >= 0.6 is 23.3 Å². The van der Waals surface area contributed by atoms with Gasteiger partial charge in [-0.3, -0.25) is 4.79 Å². The molecule has 1 aromatic carbocycles. The van der Waals surface area contributed by atoms with Gasteiger partial charge in [0.05, 0.1) is 18.2 Å². The smallest absolute Gasteiger partial charge is 0.236 e. The van der Waals surface area contributed by atoms with Gasteiger partial charge >= 0.3 is 0 Å². The molecule has 1 amide bonds. The number of anilines is 2. The van der Waals surface area contributed by atoms with Crippen LogP contribution < -0.4 is 10.1 Å². The van der Waals surface area contributed by atoms with Crippen molar-refractivity contribution in [2.45, 2.75) is 35.5 Å². The lowest BCUT2D eigenvalue weighted by Crippen LogP contribution is -2.42. The number of likely N-dealkylation sites (tertiary alicyclic amines) is 1. The molecule has 1 fully saturated rings. The summed E-state index contributed by atoms with van der Waals surface area (Å²) in [6, 6.07) is 9.65. The van der Waals surface area contributed by atoms with E-state index in [2.05, 4.69) is 19.7 Å². The molecule has 0 saturated carbocycles. The maximum absolute atomic E-state index is 13.6. The van der Waals surface area contributed by atoms with Crippen molar-refractivity contribution in [3.8, 4) is 11.5 Å². The second kappa shape index (κ2) is 12.7. The van der Waals surface area contributed by atoms with E-state index in [1.54, 1.807) is 30.8 Å². The summed E-state index contributed by atoms with van der Waals surface area (Å²) in [4.78, 5) is 31.8. The Hall–Kier alpha value is -4.07. The average Bonchev–Trinajstić information content (AvgIpc) is 3.62. The molecule has 5 aromatic rings. The Morgan fingerprint density at radius 3 is 2.77 bits per heavy atom. The highest BCUT2D eigenvalue weighted by molar-refractivity contribution is 7.99. The van der Waals surface area contributed by atoms with Crippen molar-refractivity contribution in [1.29, 1.82) is 0 Å². The Balaban J connectivity index is 1.21. The molecular formula is C30H30FN7O3S2. The highest BCUT2D eigenvalue weighted by atomic mass is 32.2. The number of furan rings is 1. The summed E-state index contributed by atoms with van der Waals surface area (Å²) in [7, 11) is 3.80. The first-order chi connectivity index (χ1) is 20.8. The van der Waals surface area contributed by atoms with E-state index in [0.29, 0.717) is 47.8 Å². The molecule has 43 heavy (non-hydrogen) atoms. The van der Waals surface area contributed by atoms with E-state index >= 15 is 0 Å². The fraction of sp³-hybridized carbons (Fsp3) is 0.300. The summed E-state index contributed by atoms with van der Waals surface area (Å²) in [6.07, 6.45) is 6.80. The molecule has 0 unspecified atom stereocenters. The minimum atomic E-state index is -0.348. The van der Waals surface area contributed by atoms with Crippen LogP contribution in [0.4, 0.5) is 15.3 Å². The van der Waals surface area contributed by atoms with Gasteiger partial charge in [0.25, 0.3) is 0 Å². The molecule has 6 rings (SSSR count). The minimum Gasteiger partial charge on any atom is -0.453 e. The Morgan fingerprint density at radius 2 is 2.00 bits per heavy atom. The van der Waals surface area contributed by atoms with E-state index in [4.69, 9.17) is 14.1 Å². The first kappa shape index (κ1) is 29.0. The lowest BCUT2D eigenvalue weighted by atomic mass is 9.96. The number of carbonyl (C=O) groups is 1. The lowest BCUT2D eigenvalue weighted by molar-refractivity contribution is -0.132. The standard InChI is InChI=1S/C30H30FN7O3S2/c1-18-17-40-29-26(18)24(8-11-32-29)42-22-14-23(41-21-6-4-20(31)5-7-21)28(33-15-22)35-30-34-27(36-43-30)19-9-12-38(13-10-19)25(39)16-37(2)3/h4-8,11,14-15,17,19H,9-10,12-13,16H2,1-3H3,(H,33,34,35,36). The molecule has 0 bridgehead atoms. The molecule has 1 aliphatic rings. The van der Waals surface area contributed by atoms with E-state index in [0.717, 1.165) is 39.4 Å². The Morgan fingerprint density at radius 1 is 1.21 bits per heavy atom. The normalized spacial score (nSPS) is 14.0. The van der Waals surface area contributed by atoms with Gasteiger partial charge in [-0.05, 0) is 69.8 Å². The first-order valence-electron chi connectivity index (χ1n) is 13.8. The Kier molecular flexibility index (Phi) is 8.54. The number of aromatic nitrogens is 4. The SMILES string of the molecule is Cc1coc2nccc(Sc3cnc(Nc4nc(C5CCN(C(=O)CN(C)C)CC5)ns4)c(Oc4ccc(F)cc4)c3)c12. The molecule has 1 aliphatic heterocycles. The average molecular weight is 620 g/mol. The predicted molar refractivity (Wildman–Crippen MR) is 164 cm³/mol. The van der Waals surface area contributed by atoms with Crippen LogP contribution in [0.15, 0.2) is 69.3 Å². The maximum Gasteiger partial charge on any atom is 0.236 e. The van der Waals surface area contributed by atoms with Crippen LogP contribution in [0.3, 0.4) is 0 Å². The molecule has 1 N–H and O–H groups in total. The van der Waals surface area contributed by atoms with Gasteiger partial charge in [-0.25, -0.2) is 19.3 Å². The fourth-order valence-electron chi connectivity index (χ4n) is 4.89. The van der Waals surface area contributed by atoms with Crippen molar-refractivity contribution in [3.63, 3.8) is 0 Å². The number of hydrogen-bond acceptors (Lipinski definition) is 11. The molecule has 4 aromatic heterocycles. The molecule has 1 saturated heterocycles. The van der Waals surface area contributed by atoms with E-state index < -0.39 is 0 Å². The molecule has 222 valence electrons. The van der Waals surface area contributed by atoms with Gasteiger partial charge in [0.1, 0.15) is 17.4 Å². The first-order valence-corrected chi connectivity index (χ1v) is 15.4. The second-order valence-electron chi connectivity index (χ2n) is 10.6. The van der Waals surface area contributed by atoms with Crippen LogP contribution in [-0.2, 0) is 4.79 Å². The van der Waals surface area contributed by atoms with Gasteiger partial charge in [0, 0.05) is 58.8 Å². The van der Waals surface area contributed by atoms with Crippen molar-refractivity contribution in [3.05, 3.63) is 72.3 Å². The third-order valence-corrected chi connectivity index (χ3v) is 8.71. The number of piperidine rings is 1. The number of nitrogens with one attached hydrogen (secondary N) is 1. The predicted octanol–water partition coefficient (Wildman–Crippen LogP) is 6.48. The number of ether oxygens (including phenoxy) is 1. The van der Waals surface area contributed by atoms with E-state index in [-0.39, 0.29) is 17.6 Å². The van der Waals surface area contributed by atoms with Gasteiger partial charge in [0.15, 0.2) is 11.6 Å². The lowest BCUT2D eigenvalue weighted by Gasteiger charge is -2.31. The number of aryl methyl sites for hydroxylation is 1. The molecule has 0 atom stereocenters. The number of hydrogen-bond donors (Lipinski definition) is 1. The summed E-state index contributed by atoms with van der Waals surface area (Å²) < 4.78 is 29.9.